The largest absolute Gasteiger partial charge is 0.468 e. The molecule has 1 N–H and O–H groups in total. The van der Waals surface area contributed by atoms with Crippen molar-refractivity contribution in [3.63, 3.8) is 0 Å². The molecule has 0 spiro atoms. The number of ether oxygens (including phenoxy) is 2. The van der Waals surface area contributed by atoms with E-state index < -0.39 is 29.7 Å². The van der Waals surface area contributed by atoms with Gasteiger partial charge in [-0.05, 0) is 38.8 Å². The molecule has 0 amide bonds. The topological polar surface area (TPSA) is 94.8 Å². The van der Waals surface area contributed by atoms with E-state index in [1.165, 1.54) is 7.11 Å². The minimum absolute atomic E-state index is 0.211. The first kappa shape index (κ1) is 19.9. The standard InChI is InChI=1S/C21H25NO6/c1-6-27-21(25)16-12(4)22-13-9-10(2)15(20(24)26-5)19(23)17(13)18(16)14-8-7-11(3)28-14/h7-10,15,17-18,22H,6H2,1-5H3. The second-order valence-corrected chi connectivity index (χ2v) is 7.17. The molecule has 0 saturated carbocycles. The van der Waals surface area contributed by atoms with E-state index in [0.29, 0.717) is 28.5 Å². The second-order valence-electron chi connectivity index (χ2n) is 7.17. The van der Waals surface area contributed by atoms with Gasteiger partial charge in [0.15, 0.2) is 5.78 Å². The minimum atomic E-state index is -0.930. The summed E-state index contributed by atoms with van der Waals surface area (Å²) in [6, 6.07) is 3.54. The number of methoxy groups -OCH3 is 1. The van der Waals surface area contributed by atoms with Crippen LogP contribution in [0.4, 0.5) is 0 Å². The van der Waals surface area contributed by atoms with Crippen LogP contribution >= 0.6 is 0 Å². The van der Waals surface area contributed by atoms with Gasteiger partial charge in [0, 0.05) is 11.4 Å². The third-order valence-electron chi connectivity index (χ3n) is 5.31. The zero-order valence-electron chi connectivity index (χ0n) is 16.7. The Morgan fingerprint density at radius 1 is 1.21 bits per heavy atom. The molecular weight excluding hydrogens is 362 g/mol. The molecule has 2 aliphatic rings. The third kappa shape index (κ3) is 3.25. The highest BCUT2D eigenvalue weighted by molar-refractivity contribution is 6.05. The minimum Gasteiger partial charge on any atom is -0.468 e. The molecule has 7 nitrogen and oxygen atoms in total. The number of aryl methyl sites for hydroxylation is 1. The lowest BCUT2D eigenvalue weighted by Gasteiger charge is -2.40. The molecule has 0 fully saturated rings. The van der Waals surface area contributed by atoms with Gasteiger partial charge in [-0.15, -0.1) is 0 Å². The molecule has 0 saturated heterocycles. The predicted octanol–water partition coefficient (Wildman–Crippen LogP) is 2.62. The summed E-state index contributed by atoms with van der Waals surface area (Å²) in [4.78, 5) is 38.4. The van der Waals surface area contributed by atoms with Gasteiger partial charge in [-0.3, -0.25) is 9.59 Å². The van der Waals surface area contributed by atoms with Crippen LogP contribution in [0.25, 0.3) is 0 Å². The lowest BCUT2D eigenvalue weighted by atomic mass is 9.67. The van der Waals surface area contributed by atoms with Gasteiger partial charge in [-0.25, -0.2) is 4.79 Å². The average Bonchev–Trinajstić information content (AvgIpc) is 3.06. The number of furan rings is 1. The fraction of sp³-hybridized carbons (Fsp3) is 0.476. The molecule has 0 bridgehead atoms. The first-order valence-corrected chi connectivity index (χ1v) is 9.34. The smallest absolute Gasteiger partial charge is 0.336 e. The SMILES string of the molecule is CCOC(=O)C1=C(C)NC2=CC(C)C(C(=O)OC)C(=O)C2C1c1ccc(C)o1. The van der Waals surface area contributed by atoms with E-state index in [1.807, 2.05) is 6.08 Å². The molecule has 28 heavy (non-hydrogen) atoms. The lowest BCUT2D eigenvalue weighted by molar-refractivity contribution is -0.152. The predicted molar refractivity (Wildman–Crippen MR) is 99.9 cm³/mol. The van der Waals surface area contributed by atoms with E-state index in [-0.39, 0.29) is 18.3 Å². The van der Waals surface area contributed by atoms with Crippen LogP contribution in [-0.4, -0.2) is 31.4 Å². The number of carbonyl (C=O) groups excluding carboxylic acids is 3. The molecule has 1 aromatic rings. The number of carbonyl (C=O) groups is 3. The quantitative estimate of drug-likeness (QED) is 0.627. The van der Waals surface area contributed by atoms with Crippen molar-refractivity contribution in [2.45, 2.75) is 33.6 Å². The van der Waals surface area contributed by atoms with Crippen molar-refractivity contribution in [2.24, 2.45) is 17.8 Å². The van der Waals surface area contributed by atoms with Crippen molar-refractivity contribution in [1.82, 2.24) is 5.32 Å². The van der Waals surface area contributed by atoms with E-state index in [9.17, 15) is 14.4 Å². The number of nitrogens with one attached hydrogen (secondary N) is 1. The van der Waals surface area contributed by atoms with Crippen molar-refractivity contribution >= 4 is 17.7 Å². The molecule has 4 atom stereocenters. The summed E-state index contributed by atoms with van der Waals surface area (Å²) in [6.07, 6.45) is 1.86. The number of rotatable bonds is 4. The van der Waals surface area contributed by atoms with Gasteiger partial charge >= 0.3 is 11.9 Å². The zero-order chi connectivity index (χ0) is 20.6. The van der Waals surface area contributed by atoms with Gasteiger partial charge in [0.25, 0.3) is 0 Å². The van der Waals surface area contributed by atoms with Crippen molar-refractivity contribution in [1.29, 1.82) is 0 Å². The van der Waals surface area contributed by atoms with E-state index in [4.69, 9.17) is 13.9 Å². The normalized spacial score (nSPS) is 26.9. The summed E-state index contributed by atoms with van der Waals surface area (Å²) in [5.41, 5.74) is 1.61. The third-order valence-corrected chi connectivity index (χ3v) is 5.31. The van der Waals surface area contributed by atoms with Crippen molar-refractivity contribution in [3.05, 3.63) is 46.7 Å². The van der Waals surface area contributed by atoms with Gasteiger partial charge in [-0.2, -0.15) is 0 Å². The van der Waals surface area contributed by atoms with Crippen LogP contribution in [0.1, 0.15) is 38.2 Å². The van der Waals surface area contributed by atoms with Gasteiger partial charge in [0.05, 0.1) is 31.1 Å². The number of Topliss-reactive ketones (excluding diaryl/α,β-unsaturated/α-hetero) is 1. The fourth-order valence-electron chi connectivity index (χ4n) is 4.11. The number of ketones is 1. The van der Waals surface area contributed by atoms with Crippen molar-refractivity contribution < 1.29 is 28.3 Å². The molecule has 1 aromatic heterocycles. The van der Waals surface area contributed by atoms with Crippen LogP contribution in [0.15, 0.2) is 39.6 Å². The van der Waals surface area contributed by atoms with Crippen LogP contribution in [0, 0.1) is 24.7 Å². The Hall–Kier alpha value is -2.83. The van der Waals surface area contributed by atoms with Crippen molar-refractivity contribution in [3.8, 4) is 0 Å². The Bertz CT molecular complexity index is 877. The van der Waals surface area contributed by atoms with E-state index in [1.54, 1.807) is 39.8 Å². The van der Waals surface area contributed by atoms with Gasteiger partial charge in [0.2, 0.25) is 0 Å². The highest BCUT2D eigenvalue weighted by Crippen LogP contribution is 2.46. The first-order chi connectivity index (χ1) is 13.3. The first-order valence-electron chi connectivity index (χ1n) is 9.34. The monoisotopic (exact) mass is 387 g/mol. The van der Waals surface area contributed by atoms with Gasteiger partial charge in [-0.1, -0.05) is 13.0 Å². The molecule has 4 unspecified atom stereocenters. The molecule has 0 radical (unpaired) electrons. The summed E-state index contributed by atoms with van der Waals surface area (Å²) in [6.45, 7) is 7.30. The molecule has 150 valence electrons. The fourth-order valence-corrected chi connectivity index (χ4v) is 4.11. The molecule has 2 heterocycles. The Labute approximate surface area is 163 Å². The maximum atomic E-state index is 13.4. The maximum Gasteiger partial charge on any atom is 0.336 e. The summed E-state index contributed by atoms with van der Waals surface area (Å²) in [7, 11) is 1.27. The van der Waals surface area contributed by atoms with Crippen LogP contribution < -0.4 is 5.32 Å². The zero-order valence-corrected chi connectivity index (χ0v) is 16.7. The Morgan fingerprint density at radius 3 is 2.50 bits per heavy atom. The summed E-state index contributed by atoms with van der Waals surface area (Å²) in [5, 5.41) is 3.18. The average molecular weight is 387 g/mol. The van der Waals surface area contributed by atoms with Gasteiger partial charge < -0.3 is 19.2 Å². The summed E-state index contributed by atoms with van der Waals surface area (Å²) < 4.78 is 15.9. The highest BCUT2D eigenvalue weighted by Gasteiger charge is 2.51. The van der Waals surface area contributed by atoms with E-state index >= 15 is 0 Å². The number of allylic oxidation sites excluding steroid dienone is 3. The molecule has 7 heteroatoms. The molecule has 1 aliphatic heterocycles. The summed E-state index contributed by atoms with van der Waals surface area (Å²) in [5.74, 6) is -2.91. The molecule has 0 aromatic carbocycles. The Morgan fingerprint density at radius 2 is 1.93 bits per heavy atom. The number of esters is 2. The van der Waals surface area contributed by atoms with Crippen LogP contribution in [0.3, 0.4) is 0 Å². The maximum absolute atomic E-state index is 13.4. The highest BCUT2D eigenvalue weighted by atomic mass is 16.5. The van der Waals surface area contributed by atoms with Crippen LogP contribution in [0.2, 0.25) is 0 Å². The number of fused-ring (bicyclic) bond motifs is 1. The second kappa shape index (κ2) is 7.66. The summed E-state index contributed by atoms with van der Waals surface area (Å²) >= 11 is 0. The Balaban J connectivity index is 2.17. The lowest BCUT2D eigenvalue weighted by Crippen LogP contribution is -2.47. The molecular formula is C21H25NO6. The number of hydrogen-bond donors (Lipinski definition) is 1. The van der Waals surface area contributed by atoms with E-state index in [2.05, 4.69) is 5.32 Å². The number of hydrogen-bond acceptors (Lipinski definition) is 7. The molecule has 1 aliphatic carbocycles. The Kier molecular flexibility index (Phi) is 5.45. The van der Waals surface area contributed by atoms with Crippen LogP contribution in [-0.2, 0) is 23.9 Å². The van der Waals surface area contributed by atoms with Crippen LogP contribution in [0.5, 0.6) is 0 Å². The van der Waals surface area contributed by atoms with Crippen molar-refractivity contribution in [2.75, 3.05) is 13.7 Å². The molecule has 3 rings (SSSR count). The van der Waals surface area contributed by atoms with E-state index in [0.717, 1.165) is 0 Å². The van der Waals surface area contributed by atoms with Gasteiger partial charge in [0.1, 0.15) is 17.4 Å².